The molecule has 1 N–H and O–H groups in total. The fourth-order valence-electron chi connectivity index (χ4n) is 2.70. The molecule has 0 unspecified atom stereocenters. The molecule has 2 aromatic carbocycles. The Labute approximate surface area is 166 Å². The molecule has 9 heteroatoms. The van der Waals surface area contributed by atoms with Crippen LogP contribution in [0.3, 0.4) is 0 Å². The van der Waals surface area contributed by atoms with Crippen molar-refractivity contribution in [2.45, 2.75) is 0 Å². The summed E-state index contributed by atoms with van der Waals surface area (Å²) < 4.78 is 21.0. The van der Waals surface area contributed by atoms with Crippen LogP contribution in [0.1, 0.15) is 10.6 Å². The number of hydrogen-bond donors (Lipinski definition) is 1. The van der Waals surface area contributed by atoms with Crippen molar-refractivity contribution in [3.8, 4) is 28.6 Å². The summed E-state index contributed by atoms with van der Waals surface area (Å²) in [6.45, 7) is 0. The van der Waals surface area contributed by atoms with E-state index in [9.17, 15) is 14.9 Å². The van der Waals surface area contributed by atoms with Crippen LogP contribution in [0, 0.1) is 10.1 Å². The second kappa shape index (κ2) is 8.34. The fraction of sp³-hybridized carbons (Fsp3) is 0.150. The number of nitrogens with zero attached hydrogens (tertiary/aromatic N) is 1. The molecule has 0 fully saturated rings. The third-order valence-electron chi connectivity index (χ3n) is 4.15. The normalized spacial score (nSPS) is 10.3. The first-order valence-corrected chi connectivity index (χ1v) is 8.42. The van der Waals surface area contributed by atoms with Gasteiger partial charge in [-0.15, -0.1) is 0 Å². The number of rotatable bonds is 7. The Morgan fingerprint density at radius 2 is 1.66 bits per heavy atom. The van der Waals surface area contributed by atoms with Gasteiger partial charge in [-0.25, -0.2) is 0 Å². The summed E-state index contributed by atoms with van der Waals surface area (Å²) >= 11 is 0. The van der Waals surface area contributed by atoms with E-state index in [1.807, 2.05) is 0 Å². The van der Waals surface area contributed by atoms with Crippen molar-refractivity contribution in [1.29, 1.82) is 0 Å². The molecule has 1 aromatic heterocycles. The molecule has 0 aliphatic heterocycles. The molecule has 0 aliphatic carbocycles. The zero-order valence-corrected chi connectivity index (χ0v) is 15.9. The SMILES string of the molecule is COc1ccc(OC)c(NC(=O)c2ccc(-c3ccc(OC)cc3[N+](=O)[O-])o2)c1. The maximum absolute atomic E-state index is 12.6. The highest BCUT2D eigenvalue weighted by molar-refractivity contribution is 6.03. The van der Waals surface area contributed by atoms with Gasteiger partial charge in [0.2, 0.25) is 0 Å². The van der Waals surface area contributed by atoms with Gasteiger partial charge in [-0.05, 0) is 36.4 Å². The molecule has 3 aromatic rings. The number of hydrogen-bond acceptors (Lipinski definition) is 7. The standard InChI is InChI=1S/C20H18N2O7/c1-26-12-5-7-18(28-3)15(10-12)21-20(23)19-9-8-17(29-19)14-6-4-13(27-2)11-16(14)22(24)25/h4-11H,1-3H3,(H,21,23). The van der Waals surface area contributed by atoms with E-state index in [1.54, 1.807) is 24.3 Å². The minimum Gasteiger partial charge on any atom is -0.497 e. The molecular formula is C20H18N2O7. The first kappa shape index (κ1) is 19.7. The largest absolute Gasteiger partial charge is 0.497 e. The van der Waals surface area contributed by atoms with Crippen LogP contribution in [0.4, 0.5) is 11.4 Å². The van der Waals surface area contributed by atoms with Gasteiger partial charge in [0.25, 0.3) is 11.6 Å². The second-order valence-corrected chi connectivity index (χ2v) is 5.82. The minimum atomic E-state index is -0.543. The molecule has 0 bridgehead atoms. The summed E-state index contributed by atoms with van der Waals surface area (Å²) in [6, 6.07) is 12.3. The summed E-state index contributed by atoms with van der Waals surface area (Å²) in [6.07, 6.45) is 0. The van der Waals surface area contributed by atoms with Crippen LogP contribution < -0.4 is 19.5 Å². The number of methoxy groups -OCH3 is 3. The van der Waals surface area contributed by atoms with Crippen LogP contribution in [0.15, 0.2) is 52.9 Å². The Morgan fingerprint density at radius 1 is 0.966 bits per heavy atom. The third-order valence-corrected chi connectivity index (χ3v) is 4.15. The lowest BCUT2D eigenvalue weighted by atomic mass is 10.1. The zero-order valence-electron chi connectivity index (χ0n) is 15.9. The summed E-state index contributed by atoms with van der Waals surface area (Å²) in [5.41, 5.74) is 0.430. The zero-order chi connectivity index (χ0) is 21.0. The van der Waals surface area contributed by atoms with Crippen molar-refractivity contribution >= 4 is 17.3 Å². The van der Waals surface area contributed by atoms with Gasteiger partial charge in [-0.2, -0.15) is 0 Å². The maximum Gasteiger partial charge on any atom is 0.291 e. The molecule has 29 heavy (non-hydrogen) atoms. The molecule has 0 atom stereocenters. The quantitative estimate of drug-likeness (QED) is 0.470. The van der Waals surface area contributed by atoms with Gasteiger partial charge in [-0.3, -0.25) is 14.9 Å². The molecule has 3 rings (SSSR count). The fourth-order valence-corrected chi connectivity index (χ4v) is 2.70. The van der Waals surface area contributed by atoms with Gasteiger partial charge in [0.05, 0.1) is 43.6 Å². The van der Waals surface area contributed by atoms with Crippen molar-refractivity contribution in [3.05, 3.63) is 64.4 Å². The van der Waals surface area contributed by atoms with Crippen molar-refractivity contribution in [2.75, 3.05) is 26.6 Å². The molecule has 0 saturated carbocycles. The molecule has 0 aliphatic rings. The Kier molecular flexibility index (Phi) is 5.68. The lowest BCUT2D eigenvalue weighted by molar-refractivity contribution is -0.384. The monoisotopic (exact) mass is 398 g/mol. The summed E-state index contributed by atoms with van der Waals surface area (Å²) in [5.74, 6) is 0.943. The predicted octanol–water partition coefficient (Wildman–Crippen LogP) is 4.13. The smallest absolute Gasteiger partial charge is 0.291 e. The number of carbonyl (C=O) groups excluding carboxylic acids is 1. The number of nitrogens with one attached hydrogen (secondary N) is 1. The Balaban J connectivity index is 1.89. The molecule has 0 saturated heterocycles. The van der Waals surface area contributed by atoms with E-state index in [-0.39, 0.29) is 22.8 Å². The van der Waals surface area contributed by atoms with Crippen LogP contribution in [-0.2, 0) is 0 Å². The summed E-state index contributed by atoms with van der Waals surface area (Å²) in [5, 5.41) is 14.1. The lowest BCUT2D eigenvalue weighted by Gasteiger charge is -2.10. The summed E-state index contributed by atoms with van der Waals surface area (Å²) in [4.78, 5) is 23.4. The van der Waals surface area contributed by atoms with Gasteiger partial charge in [0.1, 0.15) is 23.0 Å². The van der Waals surface area contributed by atoms with Crippen molar-refractivity contribution in [1.82, 2.24) is 0 Å². The number of ether oxygens (including phenoxy) is 3. The van der Waals surface area contributed by atoms with Gasteiger partial charge in [-0.1, -0.05) is 0 Å². The Morgan fingerprint density at radius 3 is 2.31 bits per heavy atom. The Hall–Kier alpha value is -4.01. The van der Waals surface area contributed by atoms with Crippen molar-refractivity contribution < 1.29 is 28.3 Å². The van der Waals surface area contributed by atoms with Crippen molar-refractivity contribution in [3.63, 3.8) is 0 Å². The minimum absolute atomic E-state index is 0.0185. The van der Waals surface area contributed by atoms with Crippen LogP contribution >= 0.6 is 0 Å². The molecule has 1 heterocycles. The van der Waals surface area contributed by atoms with E-state index >= 15 is 0 Å². The van der Waals surface area contributed by atoms with Gasteiger partial charge < -0.3 is 23.9 Å². The van der Waals surface area contributed by atoms with Crippen LogP contribution in [0.2, 0.25) is 0 Å². The van der Waals surface area contributed by atoms with E-state index in [1.165, 1.54) is 45.6 Å². The van der Waals surface area contributed by atoms with Crippen molar-refractivity contribution in [2.24, 2.45) is 0 Å². The molecule has 1 amide bonds. The van der Waals surface area contributed by atoms with E-state index < -0.39 is 10.8 Å². The first-order chi connectivity index (χ1) is 14.0. The molecular weight excluding hydrogens is 380 g/mol. The number of nitro benzene ring substituents is 1. The van der Waals surface area contributed by atoms with E-state index in [0.29, 0.717) is 22.9 Å². The Bertz CT molecular complexity index is 1060. The van der Waals surface area contributed by atoms with E-state index in [4.69, 9.17) is 18.6 Å². The average molecular weight is 398 g/mol. The maximum atomic E-state index is 12.6. The first-order valence-electron chi connectivity index (χ1n) is 8.42. The number of anilines is 1. The number of carbonyl (C=O) groups is 1. The number of amides is 1. The number of benzene rings is 2. The highest BCUT2D eigenvalue weighted by Gasteiger charge is 2.21. The highest BCUT2D eigenvalue weighted by atomic mass is 16.6. The topological polar surface area (TPSA) is 113 Å². The van der Waals surface area contributed by atoms with Crippen LogP contribution in [0.5, 0.6) is 17.2 Å². The van der Waals surface area contributed by atoms with Gasteiger partial charge in [0, 0.05) is 6.07 Å². The molecule has 9 nitrogen and oxygen atoms in total. The molecule has 150 valence electrons. The lowest BCUT2D eigenvalue weighted by Crippen LogP contribution is -2.11. The second-order valence-electron chi connectivity index (χ2n) is 5.82. The summed E-state index contributed by atoms with van der Waals surface area (Å²) in [7, 11) is 4.40. The molecule has 0 radical (unpaired) electrons. The number of nitro groups is 1. The van der Waals surface area contributed by atoms with Crippen LogP contribution in [0.25, 0.3) is 11.3 Å². The van der Waals surface area contributed by atoms with Gasteiger partial charge >= 0.3 is 0 Å². The van der Waals surface area contributed by atoms with E-state index in [2.05, 4.69) is 5.32 Å². The van der Waals surface area contributed by atoms with Crippen LogP contribution in [-0.4, -0.2) is 32.2 Å². The molecule has 0 spiro atoms. The predicted molar refractivity (Wildman–Crippen MR) is 105 cm³/mol. The highest BCUT2D eigenvalue weighted by Crippen LogP contribution is 2.35. The van der Waals surface area contributed by atoms with E-state index in [0.717, 1.165) is 0 Å². The van der Waals surface area contributed by atoms with Gasteiger partial charge in [0.15, 0.2) is 5.76 Å². The number of furan rings is 1. The average Bonchev–Trinajstić information content (AvgIpc) is 3.23. The third kappa shape index (κ3) is 4.13.